The van der Waals surface area contributed by atoms with E-state index in [1.54, 1.807) is 4.90 Å². The molecule has 1 fully saturated rings. The van der Waals surface area contributed by atoms with Crippen molar-refractivity contribution in [1.29, 1.82) is 0 Å². The number of Topliss-reactive ketones (excluding diaryl/α,β-unsaturated/α-hetero) is 1. The van der Waals surface area contributed by atoms with Gasteiger partial charge in [0.25, 0.3) is 5.79 Å². The van der Waals surface area contributed by atoms with Crippen LogP contribution in [0.4, 0.5) is 0 Å². The third kappa shape index (κ3) is 22.9. The summed E-state index contributed by atoms with van der Waals surface area (Å²) >= 11 is 0. The highest BCUT2D eigenvalue weighted by Gasteiger charge is 2.34. The molecule has 0 amide bonds. The minimum Gasteiger partial charge on any atom is -0.462 e. The van der Waals surface area contributed by atoms with Crippen LogP contribution in [0.3, 0.4) is 0 Å². The number of carbonyl (C=O) groups excluding carboxylic acids is 2. The van der Waals surface area contributed by atoms with Gasteiger partial charge in [-0.1, -0.05) is 103 Å². The molecule has 2 atom stereocenters. The molecule has 280 valence electrons. The zero-order valence-electron chi connectivity index (χ0n) is 30.5. The van der Waals surface area contributed by atoms with Crippen molar-refractivity contribution in [2.45, 2.75) is 173 Å². The molecule has 0 aromatic heterocycles. The molecule has 10 nitrogen and oxygen atoms in total. The molecule has 1 aliphatic heterocycles. The Labute approximate surface area is 291 Å². The van der Waals surface area contributed by atoms with Crippen LogP contribution in [0.2, 0.25) is 0 Å². The summed E-state index contributed by atoms with van der Waals surface area (Å²) in [5.74, 6) is 0.436. The third-order valence-electron chi connectivity index (χ3n) is 8.85. The van der Waals surface area contributed by atoms with Crippen molar-refractivity contribution < 1.29 is 44.2 Å². The molecule has 0 aliphatic carbocycles. The predicted octanol–water partition coefficient (Wildman–Crippen LogP) is 6.01. The standard InChI is InChI=1S/C38H69NO9/c1-4-6-8-10-17-21-25-39(26-22-18-11-9-7-5-2)38(44,45)32-47-28-27-46-31-37(42,43)24-20-16-14-12-13-15-19-23-35-30-34(29-33(3)40)36(41)48-35/h34-35,42-45H,4-19,21-23,25-32H2,1-3H3/t34?,35-/m1/s1. The van der Waals surface area contributed by atoms with Gasteiger partial charge in [0.15, 0.2) is 0 Å². The second-order valence-corrected chi connectivity index (χ2v) is 13.7. The molecule has 1 saturated heterocycles. The van der Waals surface area contributed by atoms with Crippen molar-refractivity contribution in [3.8, 4) is 11.8 Å². The van der Waals surface area contributed by atoms with Crippen LogP contribution in [0.25, 0.3) is 0 Å². The van der Waals surface area contributed by atoms with E-state index >= 15 is 0 Å². The number of esters is 1. The van der Waals surface area contributed by atoms with Crippen LogP contribution >= 0.6 is 0 Å². The van der Waals surface area contributed by atoms with Gasteiger partial charge in [-0.2, -0.15) is 0 Å². The number of rotatable bonds is 31. The fraction of sp³-hybridized carbons (Fsp3) is 0.895. The maximum Gasteiger partial charge on any atom is 0.309 e. The fourth-order valence-electron chi connectivity index (χ4n) is 6.04. The van der Waals surface area contributed by atoms with Gasteiger partial charge in [0.1, 0.15) is 25.1 Å². The Kier molecular flexibility index (Phi) is 25.2. The van der Waals surface area contributed by atoms with Crippen molar-refractivity contribution in [3.63, 3.8) is 0 Å². The molecule has 0 spiro atoms. The van der Waals surface area contributed by atoms with E-state index in [0.717, 1.165) is 77.0 Å². The molecular weight excluding hydrogens is 614 g/mol. The SMILES string of the molecule is CCCCCCCCN(CCCCCCCC)C(O)(O)COCCOCC(O)(O)C#CCCCCCCC[C@@H]1CC(CC(C)=O)C(=O)O1. The largest absolute Gasteiger partial charge is 0.462 e. The molecule has 1 heterocycles. The summed E-state index contributed by atoms with van der Waals surface area (Å²) in [6.07, 6.45) is 20.6. The van der Waals surface area contributed by atoms with Crippen molar-refractivity contribution in [2.75, 3.05) is 39.5 Å². The van der Waals surface area contributed by atoms with Crippen LogP contribution in [-0.2, 0) is 23.8 Å². The van der Waals surface area contributed by atoms with Gasteiger partial charge in [0.05, 0.1) is 19.1 Å². The van der Waals surface area contributed by atoms with Gasteiger partial charge in [0, 0.05) is 25.9 Å². The minimum atomic E-state index is -2.26. The summed E-state index contributed by atoms with van der Waals surface area (Å²) in [5, 5.41) is 41.9. The van der Waals surface area contributed by atoms with Crippen molar-refractivity contribution in [2.24, 2.45) is 5.92 Å². The Balaban J connectivity index is 2.21. The molecule has 0 aromatic carbocycles. The third-order valence-corrected chi connectivity index (χ3v) is 8.85. The first-order valence-electron chi connectivity index (χ1n) is 19.0. The molecule has 0 aromatic rings. The molecule has 1 aliphatic rings. The van der Waals surface area contributed by atoms with Gasteiger partial charge < -0.3 is 39.4 Å². The normalized spacial score (nSPS) is 16.7. The number of ketones is 1. The molecule has 1 rings (SSSR count). The van der Waals surface area contributed by atoms with E-state index in [4.69, 9.17) is 14.2 Å². The Morgan fingerprint density at radius 1 is 0.792 bits per heavy atom. The molecular formula is C38H69NO9. The lowest BCUT2D eigenvalue weighted by Gasteiger charge is -2.35. The maximum absolute atomic E-state index is 11.8. The smallest absolute Gasteiger partial charge is 0.309 e. The van der Waals surface area contributed by atoms with Crippen molar-refractivity contribution in [3.05, 3.63) is 0 Å². The summed E-state index contributed by atoms with van der Waals surface area (Å²) in [6, 6.07) is 0. The molecule has 1 unspecified atom stereocenters. The zero-order valence-corrected chi connectivity index (χ0v) is 30.5. The van der Waals surface area contributed by atoms with Crippen LogP contribution in [0.15, 0.2) is 0 Å². The Morgan fingerprint density at radius 3 is 1.90 bits per heavy atom. The second kappa shape index (κ2) is 27.2. The second-order valence-electron chi connectivity index (χ2n) is 13.7. The van der Waals surface area contributed by atoms with E-state index in [-0.39, 0.29) is 50.0 Å². The average Bonchev–Trinajstić information content (AvgIpc) is 3.37. The summed E-state index contributed by atoms with van der Waals surface area (Å²) < 4.78 is 16.2. The zero-order chi connectivity index (χ0) is 35.5. The Morgan fingerprint density at radius 2 is 1.31 bits per heavy atom. The highest BCUT2D eigenvalue weighted by molar-refractivity contribution is 5.83. The van der Waals surface area contributed by atoms with Gasteiger partial charge >= 0.3 is 5.97 Å². The number of unbranched alkanes of at least 4 members (excludes halogenated alkanes) is 15. The van der Waals surface area contributed by atoms with Crippen molar-refractivity contribution in [1.82, 2.24) is 4.90 Å². The summed E-state index contributed by atoms with van der Waals surface area (Å²) in [5.41, 5.74) is 0. The first-order chi connectivity index (χ1) is 23.0. The molecule has 48 heavy (non-hydrogen) atoms. The van der Waals surface area contributed by atoms with E-state index < -0.39 is 18.3 Å². The quantitative estimate of drug-likeness (QED) is 0.0297. The maximum atomic E-state index is 11.8. The van der Waals surface area contributed by atoms with E-state index in [1.165, 1.54) is 45.4 Å². The van der Waals surface area contributed by atoms with Crippen LogP contribution in [-0.4, -0.2) is 94.4 Å². The number of hydrogen-bond donors (Lipinski definition) is 4. The summed E-state index contributed by atoms with van der Waals surface area (Å²) in [6.45, 7) is 6.57. The lowest BCUT2D eigenvalue weighted by atomic mass is 9.97. The number of nitrogens with zero attached hydrogens (tertiary/aromatic N) is 1. The van der Waals surface area contributed by atoms with E-state index in [9.17, 15) is 30.0 Å². The summed E-state index contributed by atoms with van der Waals surface area (Å²) in [4.78, 5) is 24.8. The first-order valence-corrected chi connectivity index (χ1v) is 19.0. The average molecular weight is 684 g/mol. The monoisotopic (exact) mass is 683 g/mol. The van der Waals surface area contributed by atoms with Crippen LogP contribution < -0.4 is 0 Å². The van der Waals surface area contributed by atoms with Gasteiger partial charge in [-0.05, 0) is 51.4 Å². The number of carbonyl (C=O) groups is 2. The molecule has 10 heteroatoms. The Hall–Kier alpha value is -1.58. The van der Waals surface area contributed by atoms with Gasteiger partial charge in [-0.15, -0.1) is 0 Å². The van der Waals surface area contributed by atoms with Crippen molar-refractivity contribution >= 4 is 11.8 Å². The highest BCUT2D eigenvalue weighted by Crippen LogP contribution is 2.27. The number of aliphatic hydroxyl groups is 4. The number of hydrogen-bond acceptors (Lipinski definition) is 10. The summed E-state index contributed by atoms with van der Waals surface area (Å²) in [7, 11) is 0. The lowest BCUT2D eigenvalue weighted by Crippen LogP contribution is -2.53. The topological polar surface area (TPSA) is 146 Å². The molecule has 0 bridgehead atoms. The van der Waals surface area contributed by atoms with Crippen LogP contribution in [0.5, 0.6) is 0 Å². The van der Waals surface area contributed by atoms with Crippen LogP contribution in [0, 0.1) is 17.8 Å². The van der Waals surface area contributed by atoms with Gasteiger partial charge in [-0.25, -0.2) is 0 Å². The van der Waals surface area contributed by atoms with E-state index in [1.807, 2.05) is 0 Å². The molecule has 0 saturated carbocycles. The highest BCUT2D eigenvalue weighted by atomic mass is 16.6. The minimum absolute atomic E-state index is 0.0190. The lowest BCUT2D eigenvalue weighted by molar-refractivity contribution is -0.289. The van der Waals surface area contributed by atoms with E-state index in [0.29, 0.717) is 25.9 Å². The molecule has 4 N–H and O–H groups in total. The first kappa shape index (κ1) is 44.4. The number of ether oxygens (including phenoxy) is 3. The van der Waals surface area contributed by atoms with E-state index in [2.05, 4.69) is 25.7 Å². The fourth-order valence-corrected chi connectivity index (χ4v) is 6.04. The predicted molar refractivity (Wildman–Crippen MR) is 188 cm³/mol. The van der Waals surface area contributed by atoms with Gasteiger partial charge in [0.2, 0.25) is 5.91 Å². The molecule has 0 radical (unpaired) electrons. The number of cyclic esters (lactones) is 1. The van der Waals surface area contributed by atoms with Crippen LogP contribution in [0.1, 0.15) is 156 Å². The Bertz CT molecular complexity index is 882. The van der Waals surface area contributed by atoms with Gasteiger partial charge in [-0.3, -0.25) is 9.69 Å².